The maximum Gasteiger partial charge on any atom is 0.339 e. The minimum atomic E-state index is -1.29. The van der Waals surface area contributed by atoms with Gasteiger partial charge in [-0.1, -0.05) is 24.3 Å². The molecule has 1 aromatic heterocycles. The van der Waals surface area contributed by atoms with Crippen LogP contribution in [0.1, 0.15) is 16.1 Å². The van der Waals surface area contributed by atoms with E-state index in [0.29, 0.717) is 16.5 Å². The van der Waals surface area contributed by atoms with E-state index in [1.54, 1.807) is 37.4 Å². The topological polar surface area (TPSA) is 128 Å². The lowest BCUT2D eigenvalue weighted by atomic mass is 10.0. The highest BCUT2D eigenvalue weighted by atomic mass is 16.5. The zero-order valence-corrected chi connectivity index (χ0v) is 13.3. The molecule has 0 radical (unpaired) electrons. The maximum atomic E-state index is 11.4. The Morgan fingerprint density at radius 2 is 1.96 bits per heavy atom. The molecular weight excluding hydrogens is 326 g/mol. The fourth-order valence-electron chi connectivity index (χ4n) is 2.56. The number of aromatic hydroxyl groups is 1. The average Bonchev–Trinajstić information content (AvgIpc) is 2.88. The van der Waals surface area contributed by atoms with Gasteiger partial charge in [0.15, 0.2) is 0 Å². The number of fused-ring (bicyclic) bond motifs is 1. The van der Waals surface area contributed by atoms with Crippen LogP contribution in [0.25, 0.3) is 10.8 Å². The van der Waals surface area contributed by atoms with Crippen LogP contribution < -0.4 is 10.5 Å². The number of nitrogens with zero attached hydrogens (tertiary/aromatic N) is 2. The van der Waals surface area contributed by atoms with Gasteiger partial charge in [-0.3, -0.25) is 9.36 Å². The van der Waals surface area contributed by atoms with E-state index in [0.717, 1.165) is 0 Å². The SMILES string of the molecule is Cc1cn(CC(N)=O)c(Oc2cc(C(=O)O)c(O)c3ccccc23)n1. The van der Waals surface area contributed by atoms with Crippen LogP contribution in [-0.4, -0.2) is 31.6 Å². The Balaban J connectivity index is 2.15. The normalized spacial score (nSPS) is 10.8. The largest absolute Gasteiger partial charge is 0.506 e. The van der Waals surface area contributed by atoms with Crippen LogP contribution in [0.5, 0.6) is 17.5 Å². The minimum absolute atomic E-state index is 0.100. The number of nitrogens with two attached hydrogens (primary N) is 1. The standard InChI is InChI=1S/C17H15N3O5/c1-9-7-20(8-14(18)21)17(19-9)25-13-6-12(16(23)24)15(22)11-5-3-2-4-10(11)13/h2-7,22H,8H2,1H3,(H2,18,21)(H,23,24). The first-order valence-electron chi connectivity index (χ1n) is 7.34. The number of rotatable bonds is 5. The quantitative estimate of drug-likeness (QED) is 0.651. The lowest BCUT2D eigenvalue weighted by Gasteiger charge is -2.12. The summed E-state index contributed by atoms with van der Waals surface area (Å²) >= 11 is 0. The summed E-state index contributed by atoms with van der Waals surface area (Å²) in [5, 5.41) is 20.3. The molecule has 1 heterocycles. The number of benzene rings is 2. The number of aromatic carboxylic acids is 1. The molecule has 8 heteroatoms. The molecule has 0 aliphatic rings. The van der Waals surface area contributed by atoms with Gasteiger partial charge in [0, 0.05) is 17.0 Å². The summed E-state index contributed by atoms with van der Waals surface area (Å²) < 4.78 is 7.19. The van der Waals surface area contributed by atoms with Crippen molar-refractivity contribution in [1.29, 1.82) is 0 Å². The maximum absolute atomic E-state index is 11.4. The molecule has 1 amide bonds. The Hall–Kier alpha value is -3.55. The monoisotopic (exact) mass is 341 g/mol. The molecule has 0 fully saturated rings. The fourth-order valence-corrected chi connectivity index (χ4v) is 2.56. The predicted molar refractivity (Wildman–Crippen MR) is 88.8 cm³/mol. The highest BCUT2D eigenvalue weighted by Gasteiger charge is 2.19. The number of hydrogen-bond acceptors (Lipinski definition) is 5. The molecule has 4 N–H and O–H groups in total. The van der Waals surface area contributed by atoms with Gasteiger partial charge in [-0.05, 0) is 13.0 Å². The van der Waals surface area contributed by atoms with Crippen molar-refractivity contribution in [2.24, 2.45) is 5.73 Å². The zero-order chi connectivity index (χ0) is 18.1. The first kappa shape index (κ1) is 16.3. The Morgan fingerprint density at radius 3 is 2.60 bits per heavy atom. The summed E-state index contributed by atoms with van der Waals surface area (Å²) in [6.45, 7) is 1.60. The van der Waals surface area contributed by atoms with Crippen molar-refractivity contribution in [3.8, 4) is 17.5 Å². The molecule has 0 unspecified atom stereocenters. The number of carboxylic acid groups (broad SMARTS) is 1. The lowest BCUT2D eigenvalue weighted by molar-refractivity contribution is -0.118. The fraction of sp³-hybridized carbons (Fsp3) is 0.118. The van der Waals surface area contributed by atoms with Gasteiger partial charge in [-0.25, -0.2) is 9.78 Å². The number of phenols is 1. The summed E-state index contributed by atoms with van der Waals surface area (Å²) in [7, 11) is 0. The van der Waals surface area contributed by atoms with Crippen LogP contribution in [-0.2, 0) is 11.3 Å². The third-order valence-electron chi connectivity index (χ3n) is 3.60. The number of carbonyl (C=O) groups excluding carboxylic acids is 1. The van der Waals surface area contributed by atoms with Crippen molar-refractivity contribution >= 4 is 22.6 Å². The molecule has 8 nitrogen and oxygen atoms in total. The third-order valence-corrected chi connectivity index (χ3v) is 3.60. The van der Waals surface area contributed by atoms with Gasteiger partial charge in [0.05, 0.1) is 5.69 Å². The summed E-state index contributed by atoms with van der Waals surface area (Å²) in [4.78, 5) is 26.8. The van der Waals surface area contributed by atoms with Gasteiger partial charge in [0.25, 0.3) is 0 Å². The number of amides is 1. The molecule has 0 saturated heterocycles. The minimum Gasteiger partial charge on any atom is -0.506 e. The summed E-state index contributed by atoms with van der Waals surface area (Å²) in [5.41, 5.74) is 5.53. The Labute approximate surface area is 142 Å². The number of ether oxygens (including phenoxy) is 1. The van der Waals surface area contributed by atoms with Crippen molar-refractivity contribution in [1.82, 2.24) is 9.55 Å². The first-order chi connectivity index (χ1) is 11.9. The molecular formula is C17H15N3O5. The van der Waals surface area contributed by atoms with Crippen LogP contribution in [0, 0.1) is 6.92 Å². The van der Waals surface area contributed by atoms with Gasteiger partial charge in [0.1, 0.15) is 23.6 Å². The highest BCUT2D eigenvalue weighted by molar-refractivity contribution is 6.03. The Kier molecular flexibility index (Phi) is 4.02. The number of aryl methyl sites for hydroxylation is 1. The first-order valence-corrected chi connectivity index (χ1v) is 7.34. The van der Waals surface area contributed by atoms with Crippen molar-refractivity contribution in [2.75, 3.05) is 0 Å². The van der Waals surface area contributed by atoms with Gasteiger partial charge >= 0.3 is 12.0 Å². The van der Waals surface area contributed by atoms with Gasteiger partial charge in [-0.15, -0.1) is 0 Å². The van der Waals surface area contributed by atoms with Crippen molar-refractivity contribution < 1.29 is 24.5 Å². The molecule has 0 aliphatic carbocycles. The molecule has 0 atom stereocenters. The van der Waals surface area contributed by atoms with Crippen LogP contribution in [0.4, 0.5) is 0 Å². The lowest BCUT2D eigenvalue weighted by Crippen LogP contribution is -2.18. The van der Waals surface area contributed by atoms with Crippen molar-refractivity contribution in [3.05, 3.63) is 47.8 Å². The van der Waals surface area contributed by atoms with Crippen LogP contribution >= 0.6 is 0 Å². The smallest absolute Gasteiger partial charge is 0.339 e. The molecule has 128 valence electrons. The van der Waals surface area contributed by atoms with Crippen LogP contribution in [0.2, 0.25) is 0 Å². The molecule has 3 rings (SSSR count). The Bertz CT molecular complexity index is 993. The highest BCUT2D eigenvalue weighted by Crippen LogP contribution is 2.37. The van der Waals surface area contributed by atoms with E-state index in [-0.39, 0.29) is 29.6 Å². The number of imidazole rings is 1. The van der Waals surface area contributed by atoms with E-state index < -0.39 is 11.9 Å². The molecule has 3 aromatic rings. The van der Waals surface area contributed by atoms with E-state index in [1.807, 2.05) is 0 Å². The van der Waals surface area contributed by atoms with Crippen molar-refractivity contribution in [2.45, 2.75) is 13.5 Å². The van der Waals surface area contributed by atoms with Gasteiger partial charge in [0.2, 0.25) is 5.91 Å². The number of carbonyl (C=O) groups is 2. The van der Waals surface area contributed by atoms with E-state index in [1.165, 1.54) is 10.6 Å². The molecule has 0 saturated carbocycles. The van der Waals surface area contributed by atoms with Crippen LogP contribution in [0.3, 0.4) is 0 Å². The Morgan fingerprint density at radius 1 is 1.28 bits per heavy atom. The number of primary amides is 1. The third kappa shape index (κ3) is 3.09. The second-order valence-corrected chi connectivity index (χ2v) is 5.48. The number of carboxylic acids is 1. The zero-order valence-electron chi connectivity index (χ0n) is 13.3. The molecule has 2 aromatic carbocycles. The molecule has 0 spiro atoms. The number of hydrogen-bond donors (Lipinski definition) is 3. The summed E-state index contributed by atoms with van der Waals surface area (Å²) in [6.07, 6.45) is 1.60. The van der Waals surface area contributed by atoms with Gasteiger partial charge < -0.3 is 20.7 Å². The summed E-state index contributed by atoms with van der Waals surface area (Å²) in [6, 6.07) is 8.00. The molecule has 25 heavy (non-hydrogen) atoms. The number of aromatic nitrogens is 2. The molecule has 0 bridgehead atoms. The van der Waals surface area contributed by atoms with E-state index in [2.05, 4.69) is 4.98 Å². The average molecular weight is 341 g/mol. The summed E-state index contributed by atoms with van der Waals surface area (Å²) in [5.74, 6) is -2.00. The van der Waals surface area contributed by atoms with Crippen LogP contribution in [0.15, 0.2) is 36.5 Å². The molecule has 0 aliphatic heterocycles. The second kappa shape index (κ2) is 6.16. The van der Waals surface area contributed by atoms with Crippen molar-refractivity contribution in [3.63, 3.8) is 0 Å². The second-order valence-electron chi connectivity index (χ2n) is 5.48. The van der Waals surface area contributed by atoms with E-state index >= 15 is 0 Å². The van der Waals surface area contributed by atoms with E-state index in [9.17, 15) is 19.8 Å². The van der Waals surface area contributed by atoms with E-state index in [4.69, 9.17) is 10.5 Å². The predicted octanol–water partition coefficient (Wildman–Crippen LogP) is 2.03. The van der Waals surface area contributed by atoms with Gasteiger partial charge in [-0.2, -0.15) is 0 Å².